The largest absolute Gasteiger partial charge is 0.492 e. The van der Waals surface area contributed by atoms with Crippen molar-refractivity contribution in [1.29, 1.82) is 0 Å². The van der Waals surface area contributed by atoms with Gasteiger partial charge in [-0.2, -0.15) is 0 Å². The number of amides is 1. The fourth-order valence-electron chi connectivity index (χ4n) is 2.75. The van der Waals surface area contributed by atoms with Crippen LogP contribution in [-0.4, -0.2) is 29.8 Å². The van der Waals surface area contributed by atoms with Crippen LogP contribution in [0.2, 0.25) is 0 Å². The van der Waals surface area contributed by atoms with Crippen LogP contribution < -0.4 is 10.1 Å². The quantitative estimate of drug-likeness (QED) is 0.396. The van der Waals surface area contributed by atoms with Gasteiger partial charge in [-0.25, -0.2) is 0 Å². The Morgan fingerprint density at radius 3 is 2.64 bits per heavy atom. The third-order valence-electron chi connectivity index (χ3n) is 4.03. The smallest absolute Gasteiger partial charge is 0.292 e. The molecule has 3 rings (SSSR count). The third-order valence-corrected chi connectivity index (χ3v) is 4.03. The van der Waals surface area contributed by atoms with E-state index in [1.165, 1.54) is 0 Å². The first kappa shape index (κ1) is 16.8. The predicted octanol–water partition coefficient (Wildman–Crippen LogP) is 3.11. The van der Waals surface area contributed by atoms with Gasteiger partial charge in [0.25, 0.3) is 11.7 Å². The predicted molar refractivity (Wildman–Crippen MR) is 97.0 cm³/mol. The molecule has 0 aliphatic carbocycles. The molecule has 5 nitrogen and oxygen atoms in total. The van der Waals surface area contributed by atoms with E-state index in [0.717, 1.165) is 28.6 Å². The summed E-state index contributed by atoms with van der Waals surface area (Å²) in [5, 5.41) is 3.38. The number of aromatic nitrogens is 1. The summed E-state index contributed by atoms with van der Waals surface area (Å²) in [5.41, 5.74) is 2.42. The standard InChI is InChI=1S/C20H20N2O3/c1-2-14-7-6-10-16-17(13-22-18(14)16)19(23)20(24)21-11-12-25-15-8-4-3-5-9-15/h3-10,13,22H,2,11-12H2,1H3,(H,21,24). The van der Waals surface area contributed by atoms with Gasteiger partial charge >= 0.3 is 0 Å². The van der Waals surface area contributed by atoms with Crippen molar-refractivity contribution in [1.82, 2.24) is 10.3 Å². The molecule has 3 aromatic rings. The van der Waals surface area contributed by atoms with Crippen molar-refractivity contribution >= 4 is 22.6 Å². The molecule has 25 heavy (non-hydrogen) atoms. The van der Waals surface area contributed by atoms with Gasteiger partial charge in [-0.05, 0) is 24.1 Å². The third kappa shape index (κ3) is 3.71. The van der Waals surface area contributed by atoms with E-state index in [1.54, 1.807) is 6.20 Å². The number of nitrogens with one attached hydrogen (secondary N) is 2. The van der Waals surface area contributed by atoms with Crippen LogP contribution in [0, 0.1) is 0 Å². The van der Waals surface area contributed by atoms with Gasteiger partial charge in [-0.3, -0.25) is 9.59 Å². The number of benzene rings is 2. The lowest BCUT2D eigenvalue weighted by molar-refractivity contribution is -0.117. The van der Waals surface area contributed by atoms with Crippen LogP contribution in [-0.2, 0) is 11.2 Å². The van der Waals surface area contributed by atoms with Crippen LogP contribution >= 0.6 is 0 Å². The molecule has 0 aliphatic heterocycles. The number of aromatic amines is 1. The number of hydrogen-bond acceptors (Lipinski definition) is 3. The second kappa shape index (κ2) is 7.66. The summed E-state index contributed by atoms with van der Waals surface area (Å²) >= 11 is 0. The molecule has 0 saturated carbocycles. The van der Waals surface area contributed by atoms with Gasteiger partial charge in [-0.15, -0.1) is 0 Å². The maximum Gasteiger partial charge on any atom is 0.292 e. The highest BCUT2D eigenvalue weighted by atomic mass is 16.5. The average Bonchev–Trinajstić information content (AvgIpc) is 3.09. The number of carbonyl (C=O) groups is 2. The topological polar surface area (TPSA) is 71.2 Å². The van der Waals surface area contributed by atoms with Gasteiger partial charge in [0.05, 0.1) is 12.1 Å². The molecule has 2 N–H and O–H groups in total. The Morgan fingerprint density at radius 1 is 1.08 bits per heavy atom. The van der Waals surface area contributed by atoms with Crippen LogP contribution in [0.15, 0.2) is 54.7 Å². The summed E-state index contributed by atoms with van der Waals surface area (Å²) in [6.45, 7) is 2.62. The minimum atomic E-state index is -0.625. The fourth-order valence-corrected chi connectivity index (χ4v) is 2.75. The van der Waals surface area contributed by atoms with E-state index in [-0.39, 0.29) is 6.54 Å². The van der Waals surface area contributed by atoms with E-state index >= 15 is 0 Å². The summed E-state index contributed by atoms with van der Waals surface area (Å²) in [7, 11) is 0. The molecular formula is C20H20N2O3. The molecule has 1 amide bonds. The lowest BCUT2D eigenvalue weighted by Crippen LogP contribution is -2.34. The molecule has 1 aromatic heterocycles. The minimum absolute atomic E-state index is 0.266. The van der Waals surface area contributed by atoms with Crippen molar-refractivity contribution in [3.8, 4) is 5.75 Å². The molecule has 0 saturated heterocycles. The number of carbonyl (C=O) groups excluding carboxylic acids is 2. The van der Waals surface area contributed by atoms with Crippen LogP contribution in [0.4, 0.5) is 0 Å². The lowest BCUT2D eigenvalue weighted by Gasteiger charge is -2.07. The number of fused-ring (bicyclic) bond motifs is 1. The number of Topliss-reactive ketones (excluding diaryl/α,β-unsaturated/α-hetero) is 1. The van der Waals surface area contributed by atoms with Crippen molar-refractivity contribution in [2.45, 2.75) is 13.3 Å². The Morgan fingerprint density at radius 2 is 1.88 bits per heavy atom. The second-order valence-electron chi connectivity index (χ2n) is 5.64. The first-order valence-corrected chi connectivity index (χ1v) is 8.30. The Labute approximate surface area is 146 Å². The van der Waals surface area contributed by atoms with Gasteiger partial charge in [0, 0.05) is 17.1 Å². The zero-order chi connectivity index (χ0) is 17.6. The molecule has 1 heterocycles. The number of H-pyrrole nitrogens is 1. The lowest BCUT2D eigenvalue weighted by atomic mass is 10.0. The maximum absolute atomic E-state index is 12.4. The van der Waals surface area contributed by atoms with E-state index in [1.807, 2.05) is 48.5 Å². The average molecular weight is 336 g/mol. The SMILES string of the molecule is CCc1cccc2c(C(=O)C(=O)NCCOc3ccccc3)c[nH]c12. The highest BCUT2D eigenvalue weighted by Crippen LogP contribution is 2.22. The Kier molecular flexibility index (Phi) is 5.14. The molecule has 0 unspecified atom stereocenters. The van der Waals surface area contributed by atoms with Crippen molar-refractivity contribution < 1.29 is 14.3 Å². The zero-order valence-electron chi connectivity index (χ0n) is 14.0. The molecule has 0 spiro atoms. The van der Waals surface area contributed by atoms with Crippen LogP contribution in [0.25, 0.3) is 10.9 Å². The minimum Gasteiger partial charge on any atom is -0.492 e. The molecule has 2 aromatic carbocycles. The summed E-state index contributed by atoms with van der Waals surface area (Å²) < 4.78 is 5.50. The van der Waals surface area contributed by atoms with Crippen LogP contribution in [0.1, 0.15) is 22.8 Å². The Bertz CT molecular complexity index is 884. The molecule has 0 radical (unpaired) electrons. The monoisotopic (exact) mass is 336 g/mol. The van der Waals surface area contributed by atoms with Crippen LogP contribution in [0.3, 0.4) is 0 Å². The second-order valence-corrected chi connectivity index (χ2v) is 5.64. The molecule has 0 atom stereocenters. The highest BCUT2D eigenvalue weighted by Gasteiger charge is 2.20. The van der Waals surface area contributed by atoms with Gasteiger partial charge < -0.3 is 15.0 Å². The molecule has 128 valence electrons. The van der Waals surface area contributed by atoms with Crippen molar-refractivity contribution in [2.24, 2.45) is 0 Å². The summed E-state index contributed by atoms with van der Waals surface area (Å²) in [6.07, 6.45) is 2.46. The van der Waals surface area contributed by atoms with Gasteiger partial charge in [0.2, 0.25) is 0 Å². The van der Waals surface area contributed by atoms with E-state index in [9.17, 15) is 9.59 Å². The number of para-hydroxylation sites is 2. The number of rotatable bonds is 7. The Balaban J connectivity index is 1.60. The molecule has 0 bridgehead atoms. The summed E-state index contributed by atoms with van der Waals surface area (Å²) in [5.74, 6) is -0.439. The van der Waals surface area contributed by atoms with Crippen molar-refractivity contribution in [3.05, 3.63) is 65.9 Å². The molecule has 0 fully saturated rings. The number of ether oxygens (including phenoxy) is 1. The van der Waals surface area contributed by atoms with Crippen molar-refractivity contribution in [3.63, 3.8) is 0 Å². The molecular weight excluding hydrogens is 316 g/mol. The van der Waals surface area contributed by atoms with E-state index < -0.39 is 11.7 Å². The van der Waals surface area contributed by atoms with E-state index in [4.69, 9.17) is 4.74 Å². The van der Waals surface area contributed by atoms with Crippen LogP contribution in [0.5, 0.6) is 5.75 Å². The zero-order valence-corrected chi connectivity index (χ0v) is 14.0. The summed E-state index contributed by atoms with van der Waals surface area (Å²) in [6, 6.07) is 15.1. The van der Waals surface area contributed by atoms with Gasteiger partial charge in [0.15, 0.2) is 0 Å². The van der Waals surface area contributed by atoms with Crippen molar-refractivity contribution in [2.75, 3.05) is 13.2 Å². The maximum atomic E-state index is 12.4. The molecule has 5 heteroatoms. The highest BCUT2D eigenvalue weighted by molar-refractivity contribution is 6.45. The number of aryl methyl sites for hydroxylation is 1. The number of ketones is 1. The normalized spacial score (nSPS) is 10.6. The van der Waals surface area contributed by atoms with Gasteiger partial charge in [-0.1, -0.05) is 43.3 Å². The first-order chi connectivity index (χ1) is 12.2. The van der Waals surface area contributed by atoms with E-state index in [2.05, 4.69) is 17.2 Å². The molecule has 0 aliphatic rings. The summed E-state index contributed by atoms with van der Waals surface area (Å²) in [4.78, 5) is 27.6. The fraction of sp³-hybridized carbons (Fsp3) is 0.200. The van der Waals surface area contributed by atoms with Gasteiger partial charge in [0.1, 0.15) is 12.4 Å². The Hall–Kier alpha value is -3.08. The number of hydrogen-bond donors (Lipinski definition) is 2. The first-order valence-electron chi connectivity index (χ1n) is 8.30. The van der Waals surface area contributed by atoms with E-state index in [0.29, 0.717) is 12.2 Å².